The number of carbonyl (C=O) groups excluding carboxylic acids is 2. The number of carbonyl (C=O) groups is 2. The summed E-state index contributed by atoms with van der Waals surface area (Å²) in [6.45, 7) is 0. The predicted octanol–water partition coefficient (Wildman–Crippen LogP) is 28.4. The van der Waals surface area contributed by atoms with E-state index in [0.717, 1.165) is 156 Å². The fourth-order valence-electron chi connectivity index (χ4n) is 17.1. The van der Waals surface area contributed by atoms with Gasteiger partial charge >= 0.3 is 0 Å². The Bertz CT molecular complexity index is 7750. The summed E-state index contributed by atoms with van der Waals surface area (Å²) in [5.41, 5.74) is 30.0. The second-order valence-corrected chi connectivity index (χ2v) is 31.9. The number of ether oxygens (including phenoxy) is 2. The third-order valence-corrected chi connectivity index (χ3v) is 23.5. The standard InChI is InChI=1S/C127H78O4/c128-126-122(100-37-21-7-22-38-100)119(118(104-65-55-95(56-66-104)48-43-90-29-13-3-14-30-90)124(126)108-67-57-96(58-68-108)49-44-91-31-15-4-16-32-91)105-73-81-112(82-74-105)131-113-83-75-106(76-84-113)120-121(125(127(129)123(120)101-39-23-8-24-40-101)109-69-59-97(60-70-109)50-45-92-33-17-5-18-34-92)107-77-85-111(86-78-107)130-110-79-71-103(72-80-110)117-114(98-35-19-6-20-36-98)87-115(99-61-51-93(52-62-99)46-41-88-25-9-1-10-26-88)116(117)102-63-53-94(54-64-102)47-42-89-27-11-2-12-28-89/h1-40,51-86H,87H2. The van der Waals surface area contributed by atoms with Crippen molar-refractivity contribution >= 4 is 78.4 Å². The number of allylic oxidation sites excluding steroid dienone is 12. The lowest BCUT2D eigenvalue weighted by atomic mass is 9.88. The molecule has 0 heterocycles. The molecule has 0 saturated carbocycles. The first-order valence-corrected chi connectivity index (χ1v) is 43.6. The van der Waals surface area contributed by atoms with Crippen molar-refractivity contribution in [2.24, 2.45) is 0 Å². The third kappa shape index (κ3) is 18.2. The van der Waals surface area contributed by atoms with Crippen LogP contribution < -0.4 is 9.47 Å². The van der Waals surface area contributed by atoms with Gasteiger partial charge in [0.15, 0.2) is 11.6 Å². The van der Waals surface area contributed by atoms with Gasteiger partial charge in [0.2, 0.25) is 0 Å². The zero-order valence-electron chi connectivity index (χ0n) is 71.2. The van der Waals surface area contributed by atoms with Gasteiger partial charge in [-0.15, -0.1) is 0 Å². The zero-order valence-corrected chi connectivity index (χ0v) is 71.2. The minimum absolute atomic E-state index is 0.0863. The molecule has 0 unspecified atom stereocenters. The van der Waals surface area contributed by atoms with Crippen molar-refractivity contribution in [1.82, 2.24) is 0 Å². The van der Waals surface area contributed by atoms with E-state index in [1.807, 2.05) is 334 Å². The summed E-state index contributed by atoms with van der Waals surface area (Å²) in [4.78, 5) is 31.7. The molecule has 0 N–H and O–H groups in total. The lowest BCUT2D eigenvalue weighted by Gasteiger charge is -2.16. The van der Waals surface area contributed by atoms with Crippen LogP contribution >= 0.6 is 0 Å². The summed E-state index contributed by atoms with van der Waals surface area (Å²) in [6.07, 6.45) is 0.696. The Morgan fingerprint density at radius 3 is 0.496 bits per heavy atom. The molecule has 0 aliphatic heterocycles. The second-order valence-electron chi connectivity index (χ2n) is 31.9. The van der Waals surface area contributed by atoms with E-state index in [1.165, 1.54) is 11.1 Å². The van der Waals surface area contributed by atoms with Crippen molar-refractivity contribution in [2.45, 2.75) is 6.42 Å². The number of rotatable bonds is 16. The molecule has 0 bridgehead atoms. The van der Waals surface area contributed by atoms with Gasteiger partial charge in [-0.3, -0.25) is 9.59 Å². The zero-order chi connectivity index (χ0) is 88.0. The molecular formula is C127H78O4. The monoisotopic (exact) mass is 1670 g/mol. The first-order valence-electron chi connectivity index (χ1n) is 43.6. The summed E-state index contributed by atoms with van der Waals surface area (Å²) >= 11 is 0. The molecule has 17 aromatic carbocycles. The minimum atomic E-state index is -0.109. The summed E-state index contributed by atoms with van der Waals surface area (Å²) in [5.74, 6) is 35.6. The molecule has 17 aromatic rings. The van der Waals surface area contributed by atoms with Gasteiger partial charge < -0.3 is 9.47 Å². The SMILES string of the molecule is O=C1C(c2ccc(C#Cc3ccccc3)cc2)=C(c2ccc(C#Cc3ccccc3)cc2)C(c2ccc(Oc3ccc(C4=C(c5ccccc5)C(=O)C(c5ccc(C#Cc6ccccc6)cc5)=C4c4ccc(Oc5ccc(C6=C(c7ccccc7)CC(c7ccc(C#Cc8ccccc8)cc7)=C6c6ccc(C#Cc7ccccc7)cc6)cc5)cc4)cc3)cc2)=C1c1ccccc1. The Labute approximate surface area is 764 Å². The average molecular weight is 1670 g/mol. The summed E-state index contributed by atoms with van der Waals surface area (Å²) < 4.78 is 13.7. The number of hydrogen-bond acceptors (Lipinski definition) is 4. The van der Waals surface area contributed by atoms with Crippen LogP contribution in [0, 0.1) is 59.2 Å². The molecular weight excluding hydrogens is 1590 g/mol. The summed E-state index contributed by atoms with van der Waals surface area (Å²) in [7, 11) is 0. The molecule has 131 heavy (non-hydrogen) atoms. The van der Waals surface area contributed by atoms with E-state index in [1.54, 1.807) is 0 Å². The van der Waals surface area contributed by atoms with Crippen molar-refractivity contribution in [2.75, 3.05) is 0 Å². The van der Waals surface area contributed by atoms with Gasteiger partial charge in [-0.25, -0.2) is 0 Å². The smallest absolute Gasteiger partial charge is 0.195 e. The Kier molecular flexibility index (Phi) is 23.4. The van der Waals surface area contributed by atoms with Gasteiger partial charge in [0.05, 0.1) is 0 Å². The van der Waals surface area contributed by atoms with E-state index >= 15 is 9.59 Å². The molecule has 610 valence electrons. The van der Waals surface area contributed by atoms with E-state index in [0.29, 0.717) is 51.7 Å². The van der Waals surface area contributed by atoms with Crippen LogP contribution in [0.3, 0.4) is 0 Å². The Hall–Kier alpha value is -18.1. The quantitative estimate of drug-likeness (QED) is 0.0905. The predicted molar refractivity (Wildman–Crippen MR) is 535 cm³/mol. The topological polar surface area (TPSA) is 52.6 Å². The van der Waals surface area contributed by atoms with Crippen LogP contribution in [0.15, 0.2) is 461 Å². The van der Waals surface area contributed by atoms with E-state index in [2.05, 4.69) is 187 Å². The first kappa shape index (κ1) is 81.3. The molecule has 4 nitrogen and oxygen atoms in total. The second kappa shape index (κ2) is 37.8. The van der Waals surface area contributed by atoms with Crippen LogP contribution in [0.2, 0.25) is 0 Å². The summed E-state index contributed by atoms with van der Waals surface area (Å²) in [5, 5.41) is 0. The summed E-state index contributed by atoms with van der Waals surface area (Å²) in [6, 6.07) is 154. The minimum Gasteiger partial charge on any atom is -0.457 e. The number of hydrogen-bond donors (Lipinski definition) is 0. The van der Waals surface area contributed by atoms with Crippen LogP contribution in [0.4, 0.5) is 0 Å². The number of ketones is 2. The Morgan fingerprint density at radius 1 is 0.137 bits per heavy atom. The highest BCUT2D eigenvalue weighted by molar-refractivity contribution is 6.60. The number of benzene rings is 17. The largest absolute Gasteiger partial charge is 0.457 e. The normalized spacial score (nSPS) is 12.7. The fourth-order valence-corrected chi connectivity index (χ4v) is 17.1. The first-order chi connectivity index (χ1) is 64.7. The van der Waals surface area contributed by atoms with Gasteiger partial charge in [0.1, 0.15) is 23.0 Å². The van der Waals surface area contributed by atoms with Crippen molar-refractivity contribution < 1.29 is 19.1 Å². The third-order valence-electron chi connectivity index (χ3n) is 23.5. The van der Waals surface area contributed by atoms with Gasteiger partial charge in [-0.2, -0.15) is 0 Å². The van der Waals surface area contributed by atoms with Gasteiger partial charge in [0, 0.05) is 100 Å². The molecule has 4 heteroatoms. The highest BCUT2D eigenvalue weighted by Crippen LogP contribution is 2.55. The maximum Gasteiger partial charge on any atom is 0.195 e. The van der Waals surface area contributed by atoms with Crippen LogP contribution in [0.5, 0.6) is 23.0 Å². The van der Waals surface area contributed by atoms with Crippen LogP contribution in [-0.4, -0.2) is 11.6 Å². The molecule has 0 spiro atoms. The molecule has 0 fully saturated rings. The molecule has 0 amide bonds. The van der Waals surface area contributed by atoms with Crippen molar-refractivity contribution in [3.63, 3.8) is 0 Å². The maximum absolute atomic E-state index is 16.0. The van der Waals surface area contributed by atoms with Crippen molar-refractivity contribution in [3.05, 3.63) is 583 Å². The maximum atomic E-state index is 16.0. The van der Waals surface area contributed by atoms with Gasteiger partial charge in [-0.1, -0.05) is 350 Å². The van der Waals surface area contributed by atoms with Crippen LogP contribution in [0.25, 0.3) is 66.9 Å². The molecule has 3 aliphatic carbocycles. The van der Waals surface area contributed by atoms with Crippen molar-refractivity contribution in [3.8, 4) is 82.2 Å². The highest BCUT2D eigenvalue weighted by Gasteiger charge is 2.38. The van der Waals surface area contributed by atoms with E-state index in [9.17, 15) is 0 Å². The Morgan fingerprint density at radius 2 is 0.282 bits per heavy atom. The molecule has 0 radical (unpaired) electrons. The number of Topliss-reactive ketones (excluding diaryl/α,β-unsaturated/α-hetero) is 2. The highest BCUT2D eigenvalue weighted by atomic mass is 16.5. The molecule has 3 aliphatic rings. The van der Waals surface area contributed by atoms with E-state index < -0.39 is 0 Å². The van der Waals surface area contributed by atoms with Crippen LogP contribution in [0.1, 0.15) is 129 Å². The van der Waals surface area contributed by atoms with Gasteiger partial charge in [0.25, 0.3) is 0 Å². The lowest BCUT2D eigenvalue weighted by molar-refractivity contribution is -0.109. The van der Waals surface area contributed by atoms with Crippen molar-refractivity contribution in [1.29, 1.82) is 0 Å². The molecule has 20 rings (SSSR count). The molecule has 0 saturated heterocycles. The Balaban J connectivity index is 0.630. The molecule has 0 atom stereocenters. The van der Waals surface area contributed by atoms with Gasteiger partial charge in [-0.05, 0) is 265 Å². The fraction of sp³-hybridized carbons (Fsp3) is 0.00787. The average Bonchev–Trinajstić information content (AvgIpc) is 1.59. The molecule has 0 aromatic heterocycles. The van der Waals surface area contributed by atoms with E-state index in [-0.39, 0.29) is 11.6 Å². The van der Waals surface area contributed by atoms with E-state index in [4.69, 9.17) is 9.47 Å². The van der Waals surface area contributed by atoms with Crippen LogP contribution in [-0.2, 0) is 9.59 Å². The lowest BCUT2D eigenvalue weighted by Crippen LogP contribution is -2.02.